The molecule has 0 aliphatic rings. The van der Waals surface area contributed by atoms with Crippen LogP contribution >= 0.6 is 22.9 Å². The fourth-order valence-corrected chi connectivity index (χ4v) is 3.84. The van der Waals surface area contributed by atoms with Crippen LogP contribution < -0.4 is 5.32 Å². The van der Waals surface area contributed by atoms with Gasteiger partial charge in [0.15, 0.2) is 0 Å². The van der Waals surface area contributed by atoms with Crippen molar-refractivity contribution < 1.29 is 22.4 Å². The molecule has 1 amide bonds. The molecule has 2 heterocycles. The molecule has 0 unspecified atom stereocenters. The highest BCUT2D eigenvalue weighted by molar-refractivity contribution is 7.16. The van der Waals surface area contributed by atoms with Crippen molar-refractivity contribution in [2.75, 3.05) is 0 Å². The number of hydrogen-bond donors (Lipinski definition) is 1. The van der Waals surface area contributed by atoms with Crippen LogP contribution in [-0.2, 0) is 11.0 Å². The van der Waals surface area contributed by atoms with Crippen molar-refractivity contribution >= 4 is 39.9 Å². The molecule has 3 aromatic rings. The van der Waals surface area contributed by atoms with Gasteiger partial charge in [-0.05, 0) is 37.1 Å². The van der Waals surface area contributed by atoms with Gasteiger partial charge in [0.05, 0.1) is 10.7 Å². The summed E-state index contributed by atoms with van der Waals surface area (Å²) in [6, 6.07) is 3.59. The molecule has 30 heavy (non-hydrogen) atoms. The molecule has 2 aromatic heterocycles. The summed E-state index contributed by atoms with van der Waals surface area (Å²) in [5.74, 6) is -0.968. The summed E-state index contributed by atoms with van der Waals surface area (Å²) in [5, 5.41) is 5.37. The molecule has 0 spiro atoms. The monoisotopic (exact) mass is 460 g/mol. The summed E-state index contributed by atoms with van der Waals surface area (Å²) in [5.41, 5.74) is 0.633. The maximum absolute atomic E-state index is 13.4. The average molecular weight is 461 g/mol. The minimum absolute atomic E-state index is 0.0188. The number of hydrogen-bond acceptors (Lipinski definition) is 4. The summed E-state index contributed by atoms with van der Waals surface area (Å²) < 4.78 is 53.6. The van der Waals surface area contributed by atoms with E-state index >= 15 is 0 Å². The summed E-state index contributed by atoms with van der Waals surface area (Å²) in [6.45, 7) is 3.86. The molecule has 0 aliphatic heterocycles. The molecule has 1 aromatic carbocycles. The van der Waals surface area contributed by atoms with Crippen molar-refractivity contribution in [1.29, 1.82) is 0 Å². The van der Waals surface area contributed by atoms with Crippen LogP contribution in [0, 0.1) is 5.82 Å². The Balaban J connectivity index is 2.09. The number of carbonyl (C=O) groups excluding carboxylic acids is 1. The molecule has 0 bridgehead atoms. The predicted molar refractivity (Wildman–Crippen MR) is 108 cm³/mol. The molecular weight excluding hydrogens is 444 g/mol. The van der Waals surface area contributed by atoms with Crippen LogP contribution in [0.2, 0.25) is 5.02 Å². The number of aromatic nitrogens is 3. The molecule has 5 nitrogen and oxygen atoms in total. The Morgan fingerprint density at radius 2 is 2.03 bits per heavy atom. The second kappa shape index (κ2) is 8.73. The Labute approximate surface area is 178 Å². The van der Waals surface area contributed by atoms with E-state index in [9.17, 15) is 22.4 Å². The number of imidazole rings is 1. The van der Waals surface area contributed by atoms with Crippen molar-refractivity contribution in [3.63, 3.8) is 0 Å². The van der Waals surface area contributed by atoms with Gasteiger partial charge in [-0.15, -0.1) is 5.10 Å². The second-order valence-electron chi connectivity index (χ2n) is 6.42. The molecule has 3 rings (SSSR count). The Bertz CT molecular complexity index is 1100. The van der Waals surface area contributed by atoms with E-state index in [1.165, 1.54) is 18.2 Å². The van der Waals surface area contributed by atoms with E-state index in [2.05, 4.69) is 15.4 Å². The lowest BCUT2D eigenvalue weighted by atomic mass is 10.1. The molecule has 160 valence electrons. The van der Waals surface area contributed by atoms with Gasteiger partial charge in [0, 0.05) is 17.7 Å². The summed E-state index contributed by atoms with van der Waals surface area (Å²) in [4.78, 5) is 16.4. The summed E-state index contributed by atoms with van der Waals surface area (Å²) >= 11 is 6.47. The molecule has 0 aliphatic carbocycles. The van der Waals surface area contributed by atoms with Gasteiger partial charge in [-0.25, -0.2) is 13.9 Å². The van der Waals surface area contributed by atoms with Crippen LogP contribution in [0.5, 0.6) is 0 Å². The normalized spacial score (nSPS) is 12.4. The van der Waals surface area contributed by atoms with E-state index in [4.69, 9.17) is 11.6 Å². The van der Waals surface area contributed by atoms with Crippen molar-refractivity contribution in [2.45, 2.75) is 38.9 Å². The first kappa shape index (κ1) is 22.2. The third kappa shape index (κ3) is 4.65. The Hall–Kier alpha value is -2.46. The van der Waals surface area contributed by atoms with E-state index in [-0.39, 0.29) is 27.4 Å². The van der Waals surface area contributed by atoms with Crippen LogP contribution in [0.3, 0.4) is 0 Å². The number of nitrogens with one attached hydrogen (secondary N) is 1. The van der Waals surface area contributed by atoms with E-state index in [0.717, 1.165) is 29.5 Å². The number of fused-ring (bicyclic) bond motifs is 1. The fourth-order valence-electron chi connectivity index (χ4n) is 2.80. The minimum atomic E-state index is -4.63. The van der Waals surface area contributed by atoms with Crippen LogP contribution in [0.25, 0.3) is 22.3 Å². The quantitative estimate of drug-likeness (QED) is 0.385. The van der Waals surface area contributed by atoms with Crippen molar-refractivity contribution in [3.05, 3.63) is 45.8 Å². The minimum Gasteiger partial charge on any atom is -0.350 e. The third-order valence-electron chi connectivity index (χ3n) is 4.39. The first-order valence-corrected chi connectivity index (χ1v) is 10.2. The number of nitrogens with zero attached hydrogens (tertiary/aromatic N) is 3. The smallest absolute Gasteiger partial charge is 0.350 e. The standard InChI is InChI=1S/C19H17ClF4N4OS/c1-3-11(4-2)25-15(29)8-7-14-16(12-6-5-10(21)9-13(12)20)26-18-28(14)27-17(30-18)19(22,23)24/h5-9,11H,3-4H2,1-2H3,(H,25,29)/b8-7+. The van der Waals surface area contributed by atoms with Crippen LogP contribution in [0.15, 0.2) is 24.3 Å². The fraction of sp³-hybridized carbons (Fsp3) is 0.316. The molecule has 0 atom stereocenters. The van der Waals surface area contributed by atoms with Gasteiger partial charge in [-0.1, -0.05) is 36.8 Å². The van der Waals surface area contributed by atoms with Crippen LogP contribution in [0.1, 0.15) is 37.4 Å². The predicted octanol–water partition coefficient (Wildman–Crippen LogP) is 5.59. The zero-order chi connectivity index (χ0) is 22.1. The number of benzene rings is 1. The highest BCUT2D eigenvalue weighted by atomic mass is 35.5. The van der Waals surface area contributed by atoms with Crippen LogP contribution in [-0.4, -0.2) is 26.5 Å². The van der Waals surface area contributed by atoms with Crippen LogP contribution in [0.4, 0.5) is 17.6 Å². The number of rotatable bonds is 6. The lowest BCUT2D eigenvalue weighted by Gasteiger charge is -2.12. The lowest BCUT2D eigenvalue weighted by Crippen LogP contribution is -2.32. The molecule has 11 heteroatoms. The third-order valence-corrected chi connectivity index (χ3v) is 5.66. The molecule has 1 N–H and O–H groups in total. The molecule has 0 fully saturated rings. The first-order valence-electron chi connectivity index (χ1n) is 9.04. The second-order valence-corrected chi connectivity index (χ2v) is 7.79. The molecular formula is C19H17ClF4N4OS. The SMILES string of the molecule is CCC(CC)NC(=O)/C=C/c1c(-c2ccc(F)cc2Cl)nc2sc(C(F)(F)F)nn12. The summed E-state index contributed by atoms with van der Waals surface area (Å²) in [6.07, 6.45) is -0.621. The van der Waals surface area contributed by atoms with Gasteiger partial charge in [0.1, 0.15) is 11.5 Å². The topological polar surface area (TPSA) is 59.3 Å². The number of amides is 1. The number of alkyl halides is 3. The van der Waals surface area contributed by atoms with Crippen molar-refractivity contribution in [3.8, 4) is 11.3 Å². The Morgan fingerprint density at radius 3 is 2.63 bits per heavy atom. The zero-order valence-electron chi connectivity index (χ0n) is 15.9. The van der Waals surface area contributed by atoms with Gasteiger partial charge in [-0.3, -0.25) is 4.79 Å². The summed E-state index contributed by atoms with van der Waals surface area (Å²) in [7, 11) is 0. The number of halogens is 5. The van der Waals surface area contributed by atoms with Gasteiger partial charge < -0.3 is 5.32 Å². The van der Waals surface area contributed by atoms with E-state index < -0.39 is 22.9 Å². The maximum Gasteiger partial charge on any atom is 0.445 e. The largest absolute Gasteiger partial charge is 0.445 e. The zero-order valence-corrected chi connectivity index (χ0v) is 17.5. The number of carbonyl (C=O) groups is 1. The first-order chi connectivity index (χ1) is 14.1. The Morgan fingerprint density at radius 1 is 1.33 bits per heavy atom. The van der Waals surface area contributed by atoms with Crippen molar-refractivity contribution in [1.82, 2.24) is 19.9 Å². The van der Waals surface area contributed by atoms with Gasteiger partial charge in [0.25, 0.3) is 0 Å². The molecule has 0 saturated heterocycles. The van der Waals surface area contributed by atoms with Gasteiger partial charge in [-0.2, -0.15) is 13.2 Å². The maximum atomic E-state index is 13.4. The lowest BCUT2D eigenvalue weighted by molar-refractivity contribution is -0.138. The van der Waals surface area contributed by atoms with Crippen molar-refractivity contribution in [2.24, 2.45) is 0 Å². The highest BCUT2D eigenvalue weighted by Crippen LogP contribution is 2.37. The Kier molecular flexibility index (Phi) is 6.47. The highest BCUT2D eigenvalue weighted by Gasteiger charge is 2.36. The van der Waals surface area contributed by atoms with E-state index in [1.54, 1.807) is 0 Å². The van der Waals surface area contributed by atoms with E-state index in [1.807, 2.05) is 13.8 Å². The molecule has 0 saturated carbocycles. The van der Waals surface area contributed by atoms with Gasteiger partial charge >= 0.3 is 6.18 Å². The van der Waals surface area contributed by atoms with Gasteiger partial charge in [0.2, 0.25) is 15.9 Å². The average Bonchev–Trinajstić information content (AvgIpc) is 3.23. The molecule has 0 radical (unpaired) electrons. The van der Waals surface area contributed by atoms with E-state index in [0.29, 0.717) is 16.9 Å².